The van der Waals surface area contributed by atoms with E-state index in [1.165, 1.54) is 136 Å². The van der Waals surface area contributed by atoms with Gasteiger partial charge in [-0.25, -0.2) is 0 Å². The van der Waals surface area contributed by atoms with Crippen molar-refractivity contribution in [2.75, 3.05) is 0 Å². The zero-order valence-corrected chi connectivity index (χ0v) is 32.6. The molecular formula is C59H36. The average Bonchev–Trinajstić information content (AvgIpc) is 3.80. The van der Waals surface area contributed by atoms with Crippen molar-refractivity contribution in [1.29, 1.82) is 0 Å². The largest absolute Gasteiger partial charge is 0.0622 e. The molecule has 0 unspecified atom stereocenters. The highest BCUT2D eigenvalue weighted by molar-refractivity contribution is 6.47. The molecule has 0 heteroatoms. The van der Waals surface area contributed by atoms with Crippen LogP contribution in [0.5, 0.6) is 0 Å². The van der Waals surface area contributed by atoms with Crippen LogP contribution >= 0.6 is 0 Å². The van der Waals surface area contributed by atoms with E-state index in [-0.39, 0.29) is 0 Å². The van der Waals surface area contributed by atoms with Gasteiger partial charge in [0.2, 0.25) is 0 Å². The van der Waals surface area contributed by atoms with Crippen molar-refractivity contribution in [3.63, 3.8) is 0 Å². The molecule has 272 valence electrons. The first-order valence-electron chi connectivity index (χ1n) is 20.7. The molecule has 0 aliphatic heterocycles. The number of hydrogen-bond acceptors (Lipinski definition) is 0. The Morgan fingerprint density at radius 3 is 1.31 bits per heavy atom. The summed E-state index contributed by atoms with van der Waals surface area (Å²) >= 11 is 0. The van der Waals surface area contributed by atoms with E-state index in [9.17, 15) is 0 Å². The normalized spacial score (nSPS) is 12.2. The smallest absolute Gasteiger partial charge is 0.000697 e. The summed E-state index contributed by atoms with van der Waals surface area (Å²) < 4.78 is 0. The third-order valence-corrected chi connectivity index (χ3v) is 13.1. The molecule has 0 radical (unpaired) electrons. The minimum Gasteiger partial charge on any atom is -0.0622 e. The maximum Gasteiger partial charge on any atom is -0.000697 e. The van der Waals surface area contributed by atoms with Crippen LogP contribution in [0.25, 0.3) is 131 Å². The van der Waals surface area contributed by atoms with E-state index < -0.39 is 0 Å². The molecule has 0 N–H and O–H groups in total. The van der Waals surface area contributed by atoms with Gasteiger partial charge in [0.1, 0.15) is 0 Å². The van der Waals surface area contributed by atoms with Crippen LogP contribution in [-0.2, 0) is 0 Å². The zero-order valence-electron chi connectivity index (χ0n) is 32.6. The maximum absolute atomic E-state index is 2.58. The predicted octanol–water partition coefficient (Wildman–Crippen LogP) is 16.8. The summed E-state index contributed by atoms with van der Waals surface area (Å²) in [5.41, 5.74) is 11.4. The van der Waals surface area contributed by atoms with Crippen LogP contribution in [0.4, 0.5) is 0 Å². The molecule has 0 amide bonds. The molecule has 0 aliphatic rings. The molecule has 59 heavy (non-hydrogen) atoms. The van der Waals surface area contributed by atoms with Crippen LogP contribution in [0.1, 0.15) is 5.56 Å². The van der Waals surface area contributed by atoms with Crippen molar-refractivity contribution in [2.45, 2.75) is 6.92 Å². The maximum atomic E-state index is 2.58. The van der Waals surface area contributed by atoms with Crippen molar-refractivity contribution in [2.24, 2.45) is 0 Å². The van der Waals surface area contributed by atoms with Gasteiger partial charge in [-0.2, -0.15) is 0 Å². The highest BCUT2D eigenvalue weighted by atomic mass is 14.3. The SMILES string of the molecule is Cc1ccc2c(c1)cc1c3c(-c4ccccc4)c4c(cc5c6c(-c7ccccc7)ccc(-c7ccccc7)c6c6cccc4c65)c(-c4ccccc4)c3c3cccc2c31. The predicted molar refractivity (Wildman–Crippen MR) is 255 cm³/mol. The second-order valence-electron chi connectivity index (χ2n) is 16.3. The van der Waals surface area contributed by atoms with Crippen molar-refractivity contribution in [3.8, 4) is 44.5 Å². The first kappa shape index (κ1) is 32.5. The molecule has 13 aromatic carbocycles. The molecule has 0 spiro atoms. The number of fused-ring (bicyclic) bond motifs is 10. The Morgan fingerprint density at radius 1 is 0.237 bits per heavy atom. The zero-order chi connectivity index (χ0) is 38.8. The van der Waals surface area contributed by atoms with E-state index in [0.717, 1.165) is 0 Å². The Labute approximate surface area is 341 Å². The van der Waals surface area contributed by atoms with Gasteiger partial charge in [0, 0.05) is 0 Å². The number of hydrogen-bond donors (Lipinski definition) is 0. The molecule has 0 aromatic heterocycles. The Balaban J connectivity index is 1.35. The van der Waals surface area contributed by atoms with Crippen LogP contribution in [0.15, 0.2) is 200 Å². The minimum absolute atomic E-state index is 1.23. The summed E-state index contributed by atoms with van der Waals surface area (Å²) in [5, 5.41) is 21.1. The lowest BCUT2D eigenvalue weighted by Crippen LogP contribution is -1.91. The molecule has 0 atom stereocenters. The lowest BCUT2D eigenvalue weighted by Gasteiger charge is -2.19. The monoisotopic (exact) mass is 744 g/mol. The molecule has 0 aliphatic carbocycles. The highest BCUT2D eigenvalue weighted by Gasteiger charge is 2.28. The second-order valence-corrected chi connectivity index (χ2v) is 16.3. The quantitative estimate of drug-likeness (QED) is 0.157. The topological polar surface area (TPSA) is 0 Å². The van der Waals surface area contributed by atoms with Gasteiger partial charge in [0.25, 0.3) is 0 Å². The standard InChI is InChI=1S/C59H36/c1-35-28-29-41-40(32-35)33-48-53-44(41)24-14-27-47(53)58-51(38-20-10-4-11-21-38)49-34-50-54-45(25-15-26-46(54)57(49)52(59(48)58)39-22-12-5-13-23-39)55-42(36-16-6-2-7-17-36)30-31-43(56(50)55)37-18-8-3-9-19-37/h2-34H,1H3. The van der Waals surface area contributed by atoms with Gasteiger partial charge in [-0.15, -0.1) is 0 Å². The van der Waals surface area contributed by atoms with Gasteiger partial charge in [-0.1, -0.05) is 194 Å². The summed E-state index contributed by atoms with van der Waals surface area (Å²) in [7, 11) is 0. The third-order valence-electron chi connectivity index (χ3n) is 13.1. The number of rotatable bonds is 4. The van der Waals surface area contributed by atoms with Crippen LogP contribution in [0.3, 0.4) is 0 Å². The highest BCUT2D eigenvalue weighted by Crippen LogP contribution is 2.56. The van der Waals surface area contributed by atoms with Gasteiger partial charge in [0.15, 0.2) is 0 Å². The molecule has 0 heterocycles. The molecule has 0 bridgehead atoms. The minimum atomic E-state index is 1.23. The summed E-state index contributed by atoms with van der Waals surface area (Å²) in [4.78, 5) is 0. The van der Waals surface area contributed by atoms with Crippen molar-refractivity contribution in [1.82, 2.24) is 0 Å². The first-order chi connectivity index (χ1) is 29.2. The average molecular weight is 745 g/mol. The van der Waals surface area contributed by atoms with E-state index in [2.05, 4.69) is 207 Å². The van der Waals surface area contributed by atoms with Crippen LogP contribution in [0, 0.1) is 6.92 Å². The molecular weight excluding hydrogens is 709 g/mol. The van der Waals surface area contributed by atoms with Crippen LogP contribution < -0.4 is 0 Å². The van der Waals surface area contributed by atoms with Crippen molar-refractivity contribution < 1.29 is 0 Å². The van der Waals surface area contributed by atoms with E-state index >= 15 is 0 Å². The lowest BCUT2D eigenvalue weighted by molar-refractivity contribution is 1.51. The van der Waals surface area contributed by atoms with E-state index in [1.54, 1.807) is 0 Å². The van der Waals surface area contributed by atoms with Crippen LogP contribution in [0.2, 0.25) is 0 Å². The molecule has 0 fully saturated rings. The Bertz CT molecular complexity index is 3790. The van der Waals surface area contributed by atoms with E-state index in [1.807, 2.05) is 0 Å². The Morgan fingerprint density at radius 2 is 0.695 bits per heavy atom. The van der Waals surface area contributed by atoms with Gasteiger partial charge in [-0.3, -0.25) is 0 Å². The number of benzene rings is 11. The van der Waals surface area contributed by atoms with E-state index in [0.29, 0.717) is 0 Å². The van der Waals surface area contributed by atoms with Gasteiger partial charge in [-0.05, 0) is 150 Å². The van der Waals surface area contributed by atoms with Crippen LogP contribution in [-0.4, -0.2) is 0 Å². The molecule has 0 saturated carbocycles. The number of aryl methyl sites for hydroxylation is 1. The van der Waals surface area contributed by atoms with Gasteiger partial charge in [0.05, 0.1) is 0 Å². The van der Waals surface area contributed by atoms with Gasteiger partial charge < -0.3 is 0 Å². The first-order valence-corrected chi connectivity index (χ1v) is 20.7. The van der Waals surface area contributed by atoms with Gasteiger partial charge >= 0.3 is 0 Å². The van der Waals surface area contributed by atoms with Crippen molar-refractivity contribution >= 4 is 86.2 Å². The molecule has 13 rings (SSSR count). The Kier molecular flexibility index (Phi) is 6.74. The van der Waals surface area contributed by atoms with E-state index in [4.69, 9.17) is 0 Å². The fourth-order valence-electron chi connectivity index (χ4n) is 10.8. The molecule has 0 saturated heterocycles. The van der Waals surface area contributed by atoms with Crippen molar-refractivity contribution in [3.05, 3.63) is 206 Å². The third kappa shape index (κ3) is 4.49. The lowest BCUT2D eigenvalue weighted by atomic mass is 9.83. The summed E-state index contributed by atoms with van der Waals surface area (Å²) in [6.45, 7) is 2.21. The second kappa shape index (κ2) is 12.2. The fourth-order valence-corrected chi connectivity index (χ4v) is 10.8. The molecule has 0 nitrogen and oxygen atoms in total. The summed E-state index contributed by atoms with van der Waals surface area (Å²) in [5.74, 6) is 0. The summed E-state index contributed by atoms with van der Waals surface area (Å²) in [6.07, 6.45) is 0. The summed E-state index contributed by atoms with van der Waals surface area (Å²) in [6, 6.07) is 75.0. The fraction of sp³-hybridized carbons (Fsp3) is 0.0169. The Hall–Kier alpha value is -7.54. The molecule has 13 aromatic rings.